The monoisotopic (exact) mass is 437 g/mol. The molecular weight excluding hydrogens is 407 g/mol. The fourth-order valence-corrected chi connectivity index (χ4v) is 6.22. The standard InChI is InChI=1S/C23H30F3N3O2/c1-14(18-3-2-4-19(10-18)23(24,25)26)28-20(30)5-6-27-21(31)29-22-11-15-7-16(12-22)9-17(8-15)13-22/h2-4,10,14-17H,5-9,11-13H2,1H3,(H,28,30)(H2,27,29,31). The van der Waals surface area contributed by atoms with Gasteiger partial charge in [-0.2, -0.15) is 13.2 Å². The van der Waals surface area contributed by atoms with Crippen molar-refractivity contribution in [2.45, 2.75) is 69.6 Å². The van der Waals surface area contributed by atoms with Crippen LogP contribution in [0.5, 0.6) is 0 Å². The number of benzene rings is 1. The van der Waals surface area contributed by atoms with Crippen LogP contribution in [0.25, 0.3) is 0 Å². The second-order valence-electron chi connectivity index (χ2n) is 9.74. The first-order valence-electron chi connectivity index (χ1n) is 11.1. The molecule has 1 aromatic carbocycles. The summed E-state index contributed by atoms with van der Waals surface area (Å²) in [5.74, 6) is 1.87. The number of carbonyl (C=O) groups excluding carboxylic acids is 2. The molecule has 0 heterocycles. The van der Waals surface area contributed by atoms with Crippen molar-refractivity contribution in [3.63, 3.8) is 0 Å². The topological polar surface area (TPSA) is 70.2 Å². The summed E-state index contributed by atoms with van der Waals surface area (Å²) in [5, 5.41) is 8.67. The number of hydrogen-bond donors (Lipinski definition) is 3. The fraction of sp³-hybridized carbons (Fsp3) is 0.652. The van der Waals surface area contributed by atoms with E-state index in [0.29, 0.717) is 5.56 Å². The van der Waals surface area contributed by atoms with Crippen LogP contribution >= 0.6 is 0 Å². The maximum atomic E-state index is 12.9. The minimum Gasteiger partial charge on any atom is -0.350 e. The summed E-state index contributed by atoms with van der Waals surface area (Å²) in [6, 6.07) is 4.14. The Kier molecular flexibility index (Phi) is 5.92. The molecule has 0 aromatic heterocycles. The van der Waals surface area contributed by atoms with E-state index in [1.807, 2.05) is 0 Å². The van der Waals surface area contributed by atoms with Gasteiger partial charge in [0.1, 0.15) is 0 Å². The van der Waals surface area contributed by atoms with E-state index in [9.17, 15) is 22.8 Å². The smallest absolute Gasteiger partial charge is 0.350 e. The number of hydrogen-bond acceptors (Lipinski definition) is 2. The molecule has 5 nitrogen and oxygen atoms in total. The van der Waals surface area contributed by atoms with Crippen LogP contribution in [0.15, 0.2) is 24.3 Å². The van der Waals surface area contributed by atoms with E-state index >= 15 is 0 Å². The Morgan fingerprint density at radius 3 is 2.29 bits per heavy atom. The van der Waals surface area contributed by atoms with Gasteiger partial charge in [0.2, 0.25) is 5.91 Å². The molecule has 3 N–H and O–H groups in total. The minimum absolute atomic E-state index is 0.0671. The van der Waals surface area contributed by atoms with Gasteiger partial charge in [-0.1, -0.05) is 12.1 Å². The number of alkyl halides is 3. The lowest BCUT2D eigenvalue weighted by molar-refractivity contribution is -0.137. The van der Waals surface area contributed by atoms with Crippen LogP contribution in [0.4, 0.5) is 18.0 Å². The molecule has 5 rings (SSSR count). The SMILES string of the molecule is CC(NC(=O)CCNC(=O)NC12CC3CC(CC(C3)C1)C2)c1cccc(C(F)(F)F)c1. The van der Waals surface area contributed by atoms with Crippen LogP contribution < -0.4 is 16.0 Å². The van der Waals surface area contributed by atoms with Gasteiger partial charge in [0, 0.05) is 18.5 Å². The van der Waals surface area contributed by atoms with Gasteiger partial charge in [-0.25, -0.2) is 4.79 Å². The van der Waals surface area contributed by atoms with Crippen molar-refractivity contribution in [2.24, 2.45) is 17.8 Å². The molecule has 1 unspecified atom stereocenters. The maximum Gasteiger partial charge on any atom is 0.416 e. The predicted molar refractivity (Wildman–Crippen MR) is 110 cm³/mol. The Labute approximate surface area is 180 Å². The van der Waals surface area contributed by atoms with E-state index in [1.165, 1.54) is 25.3 Å². The molecule has 3 amide bonds. The molecule has 4 aliphatic carbocycles. The molecule has 0 spiro atoms. The third-order valence-electron chi connectivity index (χ3n) is 7.15. The van der Waals surface area contributed by atoms with E-state index in [4.69, 9.17) is 0 Å². The lowest BCUT2D eigenvalue weighted by Gasteiger charge is -2.56. The van der Waals surface area contributed by atoms with Crippen molar-refractivity contribution < 1.29 is 22.8 Å². The van der Waals surface area contributed by atoms with Gasteiger partial charge in [0.15, 0.2) is 0 Å². The van der Waals surface area contributed by atoms with Gasteiger partial charge in [-0.3, -0.25) is 4.79 Å². The second kappa shape index (κ2) is 8.36. The van der Waals surface area contributed by atoms with Crippen molar-refractivity contribution >= 4 is 11.9 Å². The van der Waals surface area contributed by atoms with E-state index < -0.39 is 17.8 Å². The first kappa shape index (κ1) is 22.0. The third kappa shape index (κ3) is 5.15. The number of nitrogens with one attached hydrogen (secondary N) is 3. The molecule has 4 aliphatic rings. The lowest BCUT2D eigenvalue weighted by atomic mass is 9.53. The molecule has 31 heavy (non-hydrogen) atoms. The molecule has 0 aliphatic heterocycles. The van der Waals surface area contributed by atoms with Gasteiger partial charge in [-0.15, -0.1) is 0 Å². The van der Waals surface area contributed by atoms with Crippen molar-refractivity contribution in [2.75, 3.05) is 6.54 Å². The Hall–Kier alpha value is -2.25. The number of carbonyl (C=O) groups is 2. The zero-order chi connectivity index (χ0) is 22.2. The van der Waals surface area contributed by atoms with E-state index in [1.54, 1.807) is 13.0 Å². The molecule has 4 saturated carbocycles. The van der Waals surface area contributed by atoms with Gasteiger partial charge < -0.3 is 16.0 Å². The van der Waals surface area contributed by atoms with Crippen LogP contribution in [-0.4, -0.2) is 24.0 Å². The Balaban J connectivity index is 1.21. The second-order valence-corrected chi connectivity index (χ2v) is 9.74. The van der Waals surface area contributed by atoms with Gasteiger partial charge >= 0.3 is 12.2 Å². The number of halogens is 3. The van der Waals surface area contributed by atoms with Crippen molar-refractivity contribution in [1.29, 1.82) is 0 Å². The fourth-order valence-electron chi connectivity index (χ4n) is 6.22. The lowest BCUT2D eigenvalue weighted by Crippen LogP contribution is -2.61. The summed E-state index contributed by atoms with van der Waals surface area (Å²) in [6.45, 7) is 1.82. The highest BCUT2D eigenvalue weighted by Crippen LogP contribution is 2.55. The van der Waals surface area contributed by atoms with E-state index in [-0.39, 0.29) is 30.4 Å². The van der Waals surface area contributed by atoms with Crippen LogP contribution in [0.1, 0.15) is 69.0 Å². The van der Waals surface area contributed by atoms with Crippen LogP contribution in [0.2, 0.25) is 0 Å². The first-order valence-corrected chi connectivity index (χ1v) is 11.1. The summed E-state index contributed by atoms with van der Waals surface area (Å²) in [5.41, 5.74) is -0.441. The number of rotatable bonds is 6. The first-order chi connectivity index (χ1) is 14.6. The van der Waals surface area contributed by atoms with Crippen molar-refractivity contribution in [1.82, 2.24) is 16.0 Å². The van der Waals surface area contributed by atoms with Crippen molar-refractivity contribution in [3.8, 4) is 0 Å². The molecule has 1 aromatic rings. The normalized spacial score (nSPS) is 30.0. The highest BCUT2D eigenvalue weighted by Gasteiger charge is 2.51. The molecule has 0 saturated heterocycles. The molecule has 8 heteroatoms. The Morgan fingerprint density at radius 1 is 1.10 bits per heavy atom. The van der Waals surface area contributed by atoms with Crippen LogP contribution in [0.3, 0.4) is 0 Å². The largest absolute Gasteiger partial charge is 0.416 e. The Bertz CT molecular complexity index is 804. The van der Waals surface area contributed by atoms with E-state index in [0.717, 1.165) is 49.1 Å². The molecule has 1 atom stereocenters. The molecule has 0 radical (unpaired) electrons. The van der Waals surface area contributed by atoms with Crippen LogP contribution in [0, 0.1) is 17.8 Å². The summed E-state index contributed by atoms with van der Waals surface area (Å²) in [7, 11) is 0. The number of urea groups is 1. The zero-order valence-electron chi connectivity index (χ0n) is 17.7. The summed E-state index contributed by atoms with van der Waals surface area (Å²) >= 11 is 0. The zero-order valence-corrected chi connectivity index (χ0v) is 17.7. The summed E-state index contributed by atoms with van der Waals surface area (Å²) in [4.78, 5) is 24.6. The average Bonchev–Trinajstić information content (AvgIpc) is 2.65. The maximum absolute atomic E-state index is 12.9. The third-order valence-corrected chi connectivity index (χ3v) is 7.15. The van der Waals surface area contributed by atoms with Gasteiger partial charge in [-0.05, 0) is 80.9 Å². The molecule has 4 fully saturated rings. The van der Waals surface area contributed by atoms with E-state index in [2.05, 4.69) is 16.0 Å². The highest BCUT2D eigenvalue weighted by molar-refractivity contribution is 5.78. The molecular formula is C23H30F3N3O2. The summed E-state index contributed by atoms with van der Waals surface area (Å²) in [6.07, 6.45) is 2.71. The molecule has 170 valence electrons. The Morgan fingerprint density at radius 2 is 1.71 bits per heavy atom. The molecule has 4 bridgehead atoms. The number of amides is 3. The van der Waals surface area contributed by atoms with Crippen LogP contribution in [-0.2, 0) is 11.0 Å². The van der Waals surface area contributed by atoms with Crippen molar-refractivity contribution in [3.05, 3.63) is 35.4 Å². The summed E-state index contributed by atoms with van der Waals surface area (Å²) < 4.78 is 38.6. The highest BCUT2D eigenvalue weighted by atomic mass is 19.4. The van der Waals surface area contributed by atoms with Gasteiger partial charge in [0.25, 0.3) is 0 Å². The van der Waals surface area contributed by atoms with Gasteiger partial charge in [0.05, 0.1) is 11.6 Å². The quantitative estimate of drug-likeness (QED) is 0.612. The predicted octanol–water partition coefficient (Wildman–Crippen LogP) is 4.54. The minimum atomic E-state index is -4.42. The average molecular weight is 438 g/mol.